The zero-order valence-electron chi connectivity index (χ0n) is 31.3. The second-order valence-corrected chi connectivity index (χ2v) is 15.3. The van der Waals surface area contributed by atoms with E-state index in [1.807, 2.05) is 0 Å². The summed E-state index contributed by atoms with van der Waals surface area (Å²) in [5, 5.41) is 7.41. The number of ether oxygens (including phenoxy) is 1. The minimum Gasteiger partial charge on any atom is -0.453 e. The van der Waals surface area contributed by atoms with E-state index in [-0.39, 0.29) is 0 Å². The fraction of sp³-hybridized carbons (Fsp3) is 0. The Morgan fingerprint density at radius 2 is 0.690 bits per heavy atom. The molecular formula is C54H33N3O. The minimum absolute atomic E-state index is 0.839. The van der Waals surface area contributed by atoms with E-state index in [9.17, 15) is 0 Å². The summed E-state index contributed by atoms with van der Waals surface area (Å²) in [6.07, 6.45) is 0. The molecule has 12 aromatic rings. The first-order chi connectivity index (χ1) is 28.8. The Labute approximate surface area is 333 Å². The van der Waals surface area contributed by atoms with E-state index in [1.165, 1.54) is 59.9 Å². The quantitative estimate of drug-likeness (QED) is 0.176. The van der Waals surface area contributed by atoms with E-state index >= 15 is 0 Å². The molecule has 0 radical (unpaired) electrons. The van der Waals surface area contributed by atoms with E-state index in [2.05, 4.69) is 214 Å². The van der Waals surface area contributed by atoms with Crippen LogP contribution in [0.25, 0.3) is 105 Å². The molecule has 0 saturated carbocycles. The monoisotopic (exact) mass is 739 g/mol. The highest BCUT2D eigenvalue weighted by molar-refractivity contribution is 6.14. The summed E-state index contributed by atoms with van der Waals surface area (Å²) >= 11 is 0. The van der Waals surface area contributed by atoms with Gasteiger partial charge < -0.3 is 18.4 Å². The molecule has 0 N–H and O–H groups in total. The third-order valence-corrected chi connectivity index (χ3v) is 12.2. The molecule has 9 aromatic carbocycles. The maximum atomic E-state index is 7.01. The zero-order valence-corrected chi connectivity index (χ0v) is 31.3. The Morgan fingerprint density at radius 3 is 1.21 bits per heavy atom. The van der Waals surface area contributed by atoms with Crippen molar-refractivity contribution in [3.63, 3.8) is 0 Å². The largest absolute Gasteiger partial charge is 0.453 e. The van der Waals surface area contributed by atoms with Gasteiger partial charge in [0.1, 0.15) is 0 Å². The van der Waals surface area contributed by atoms with Crippen molar-refractivity contribution in [2.45, 2.75) is 0 Å². The molecule has 0 amide bonds. The first-order valence-electron chi connectivity index (χ1n) is 19.8. The molecule has 4 nitrogen and oxygen atoms in total. The van der Waals surface area contributed by atoms with Crippen LogP contribution in [0.3, 0.4) is 0 Å². The molecule has 4 heterocycles. The van der Waals surface area contributed by atoms with Gasteiger partial charge in [-0.05, 0) is 101 Å². The van der Waals surface area contributed by atoms with Gasteiger partial charge in [-0.15, -0.1) is 0 Å². The Kier molecular flexibility index (Phi) is 6.41. The van der Waals surface area contributed by atoms with Crippen LogP contribution in [0, 0.1) is 0 Å². The summed E-state index contributed by atoms with van der Waals surface area (Å²) in [6, 6.07) is 72.4. The topological polar surface area (TPSA) is 24.0 Å². The highest BCUT2D eigenvalue weighted by Gasteiger charge is 2.26. The van der Waals surface area contributed by atoms with Crippen LogP contribution >= 0.6 is 0 Å². The molecule has 0 spiro atoms. The fourth-order valence-electron chi connectivity index (χ4n) is 9.68. The summed E-state index contributed by atoms with van der Waals surface area (Å²) < 4.78 is 14.1. The Balaban J connectivity index is 0.955. The lowest BCUT2D eigenvalue weighted by Gasteiger charge is -2.22. The lowest BCUT2D eigenvalue weighted by molar-refractivity contribution is 0.477. The first-order valence-corrected chi connectivity index (χ1v) is 19.8. The molecular weight excluding hydrogens is 707 g/mol. The minimum atomic E-state index is 0.839. The predicted molar refractivity (Wildman–Crippen MR) is 240 cm³/mol. The van der Waals surface area contributed by atoms with Crippen LogP contribution in [0.2, 0.25) is 0 Å². The second-order valence-electron chi connectivity index (χ2n) is 15.3. The standard InChI is InChI=1S/C54H33N3O/c1-6-22-46-40(17-1)41-18-2-7-23-47(41)55(46)38-15-11-13-34(29-38)36-27-28-51-52(32-36)58-53-33-37(31-45-44-21-5-10-26-50(44)57(51)54(45)53)35-14-12-16-39(30-35)56-48-24-8-3-19-42(48)43-20-4-9-25-49(43)56/h1-33H. The van der Waals surface area contributed by atoms with Crippen molar-refractivity contribution in [1.29, 1.82) is 0 Å². The van der Waals surface area contributed by atoms with Gasteiger partial charge in [0.25, 0.3) is 0 Å². The molecule has 3 aromatic heterocycles. The number of benzene rings is 9. The van der Waals surface area contributed by atoms with Crippen LogP contribution in [0.15, 0.2) is 200 Å². The van der Waals surface area contributed by atoms with Crippen molar-refractivity contribution >= 4 is 65.4 Å². The van der Waals surface area contributed by atoms with Gasteiger partial charge >= 0.3 is 0 Å². The molecule has 0 atom stereocenters. The number of hydrogen-bond acceptors (Lipinski definition) is 1. The number of aromatic nitrogens is 3. The van der Waals surface area contributed by atoms with Crippen molar-refractivity contribution in [2.24, 2.45) is 0 Å². The Hall–Kier alpha value is -7.82. The number of nitrogens with zero attached hydrogens (tertiary/aromatic N) is 3. The van der Waals surface area contributed by atoms with Crippen molar-refractivity contribution in [2.75, 3.05) is 0 Å². The SMILES string of the molecule is c1cc(-c2ccc3c(c2)Oc2cc(-c4cccc(-n5c6ccccc6c6ccccc65)c4)cc4c5ccccc5n-3c24)cc(-n2c3ccccc3c3ccccc32)c1. The van der Waals surface area contributed by atoms with Crippen molar-refractivity contribution in [3.05, 3.63) is 200 Å². The van der Waals surface area contributed by atoms with Crippen LogP contribution in [0.4, 0.5) is 0 Å². The lowest BCUT2D eigenvalue weighted by atomic mass is 10.0. The molecule has 1 aliphatic rings. The lowest BCUT2D eigenvalue weighted by Crippen LogP contribution is -2.04. The maximum Gasteiger partial charge on any atom is 0.152 e. The molecule has 0 unspecified atom stereocenters. The highest BCUT2D eigenvalue weighted by Crippen LogP contribution is 2.48. The number of hydrogen-bond donors (Lipinski definition) is 0. The molecule has 58 heavy (non-hydrogen) atoms. The molecule has 0 saturated heterocycles. The van der Waals surface area contributed by atoms with E-state index in [1.54, 1.807) is 0 Å². The van der Waals surface area contributed by atoms with Gasteiger partial charge in [-0.25, -0.2) is 0 Å². The normalized spacial score (nSPS) is 12.3. The van der Waals surface area contributed by atoms with Crippen LogP contribution in [0.5, 0.6) is 11.5 Å². The van der Waals surface area contributed by atoms with Crippen molar-refractivity contribution < 1.29 is 4.74 Å². The maximum absolute atomic E-state index is 7.01. The smallest absolute Gasteiger partial charge is 0.152 e. The van der Waals surface area contributed by atoms with Crippen LogP contribution in [-0.4, -0.2) is 13.7 Å². The van der Waals surface area contributed by atoms with E-state index in [0.29, 0.717) is 0 Å². The van der Waals surface area contributed by atoms with Crippen molar-refractivity contribution in [3.8, 4) is 50.8 Å². The van der Waals surface area contributed by atoms with E-state index < -0.39 is 0 Å². The fourth-order valence-corrected chi connectivity index (χ4v) is 9.68. The molecule has 270 valence electrons. The van der Waals surface area contributed by atoms with Crippen LogP contribution < -0.4 is 4.74 Å². The molecule has 0 aliphatic carbocycles. The van der Waals surface area contributed by atoms with Crippen molar-refractivity contribution in [1.82, 2.24) is 13.7 Å². The third-order valence-electron chi connectivity index (χ3n) is 12.2. The molecule has 4 heteroatoms. The van der Waals surface area contributed by atoms with Crippen LogP contribution in [-0.2, 0) is 0 Å². The number of para-hydroxylation sites is 5. The summed E-state index contributed by atoms with van der Waals surface area (Å²) in [7, 11) is 0. The van der Waals surface area contributed by atoms with Gasteiger partial charge in [-0.1, -0.05) is 121 Å². The zero-order chi connectivity index (χ0) is 37.9. The van der Waals surface area contributed by atoms with Gasteiger partial charge in [-0.2, -0.15) is 0 Å². The third kappa shape index (κ3) is 4.40. The van der Waals surface area contributed by atoms with E-state index in [0.717, 1.165) is 56.3 Å². The second kappa shape index (κ2) is 11.8. The highest BCUT2D eigenvalue weighted by atomic mass is 16.5. The predicted octanol–water partition coefficient (Wildman–Crippen LogP) is 14.4. The van der Waals surface area contributed by atoms with E-state index in [4.69, 9.17) is 4.74 Å². The molecule has 13 rings (SSSR count). The van der Waals surface area contributed by atoms with Crippen LogP contribution in [0.1, 0.15) is 0 Å². The summed E-state index contributed by atoms with van der Waals surface area (Å²) in [4.78, 5) is 0. The number of fused-ring (bicyclic) bond motifs is 11. The Bertz CT molecular complexity index is 3570. The average Bonchev–Trinajstić information content (AvgIpc) is 3.93. The van der Waals surface area contributed by atoms with Gasteiger partial charge in [0.2, 0.25) is 0 Å². The Morgan fingerprint density at radius 1 is 0.276 bits per heavy atom. The van der Waals surface area contributed by atoms with Gasteiger partial charge in [0.05, 0.1) is 38.8 Å². The van der Waals surface area contributed by atoms with Gasteiger partial charge in [-0.3, -0.25) is 0 Å². The molecule has 0 fully saturated rings. The van der Waals surface area contributed by atoms with Gasteiger partial charge in [0.15, 0.2) is 11.5 Å². The average molecular weight is 740 g/mol. The summed E-state index contributed by atoms with van der Waals surface area (Å²) in [5.74, 6) is 1.70. The summed E-state index contributed by atoms with van der Waals surface area (Å²) in [6.45, 7) is 0. The molecule has 0 bridgehead atoms. The number of rotatable bonds is 4. The summed E-state index contributed by atoms with van der Waals surface area (Å²) in [5.41, 5.74) is 14.9. The van der Waals surface area contributed by atoms with Gasteiger partial charge in [0, 0.05) is 43.7 Å². The molecule has 1 aliphatic heterocycles. The first kappa shape index (κ1) is 31.4.